The van der Waals surface area contributed by atoms with Gasteiger partial charge in [-0.3, -0.25) is 24.0 Å². The Morgan fingerprint density at radius 3 is 0.926 bits per heavy atom. The van der Waals surface area contributed by atoms with Crippen molar-refractivity contribution >= 4 is 30.0 Å². The maximum atomic E-state index is 13.1. The van der Waals surface area contributed by atoms with E-state index < -0.39 is 341 Å². The van der Waals surface area contributed by atoms with E-state index in [-0.39, 0.29) is 6.41 Å². The van der Waals surface area contributed by atoms with E-state index in [0.29, 0.717) is 0 Å². The fraction of sp³-hybridized carbons (Fsp3) is 0.917. The average molecular weight is 1580 g/mol. The lowest BCUT2D eigenvalue weighted by Crippen LogP contribution is -2.71. The zero-order valence-corrected chi connectivity index (χ0v) is 58.2. The third-order valence-electron chi connectivity index (χ3n) is 19.2. The predicted octanol–water partition coefficient (Wildman–Crippen LogP) is -18.7. The fourth-order valence-electron chi connectivity index (χ4n) is 13.6. The van der Waals surface area contributed by atoms with Crippen molar-refractivity contribution in [1.82, 2.24) is 26.6 Å². The molecule has 0 aliphatic carbocycles. The van der Waals surface area contributed by atoms with Gasteiger partial charge in [0.15, 0.2) is 50.3 Å². The lowest BCUT2D eigenvalue weighted by Gasteiger charge is -2.51. The van der Waals surface area contributed by atoms with Gasteiger partial charge in [-0.2, -0.15) is 0 Å². The molecule has 0 aromatic carbocycles. The molecule has 0 radical (unpaired) electrons. The molecule has 108 heavy (non-hydrogen) atoms. The van der Waals surface area contributed by atoms with Crippen LogP contribution in [0.3, 0.4) is 0 Å². The molecular formula is C60H101N5O43. The van der Waals surface area contributed by atoms with Crippen LogP contribution < -0.4 is 26.6 Å². The summed E-state index contributed by atoms with van der Waals surface area (Å²) < 4.78 is 93.7. The molecule has 5 amide bonds. The van der Waals surface area contributed by atoms with Gasteiger partial charge in [-0.15, -0.1) is 0 Å². The summed E-state index contributed by atoms with van der Waals surface area (Å²) in [7, 11) is 0. The van der Waals surface area contributed by atoms with Gasteiger partial charge in [0.2, 0.25) is 30.0 Å². The smallest absolute Gasteiger partial charge is 0.217 e. The number of ether oxygens (including phenoxy) is 16. The molecular weight excluding hydrogens is 1480 g/mol. The number of amides is 5. The lowest BCUT2D eigenvalue weighted by atomic mass is 9.93. The number of aliphatic hydroxyl groups excluding tert-OH is 22. The molecule has 0 unspecified atom stereocenters. The minimum Gasteiger partial charge on any atom is -0.394 e. The molecule has 27 N–H and O–H groups in total. The molecule has 8 rings (SSSR count). The second-order valence-electron chi connectivity index (χ2n) is 26.8. The topological polar surface area (TPSA) is 738 Å². The predicted molar refractivity (Wildman–Crippen MR) is 335 cm³/mol. The Hall–Kier alpha value is -4.17. The summed E-state index contributed by atoms with van der Waals surface area (Å²) >= 11 is 0. The minimum atomic E-state index is -2.37. The van der Waals surface area contributed by atoms with Crippen molar-refractivity contribution in [3.8, 4) is 0 Å². The summed E-state index contributed by atoms with van der Waals surface area (Å²) in [6, 6.07) is -8.20. The summed E-state index contributed by atoms with van der Waals surface area (Å²) in [5, 5.41) is 255. The third kappa shape index (κ3) is 20.5. The van der Waals surface area contributed by atoms with Crippen molar-refractivity contribution in [1.29, 1.82) is 0 Å². The van der Waals surface area contributed by atoms with Crippen molar-refractivity contribution in [2.75, 3.05) is 66.1 Å². The molecule has 41 atom stereocenters. The monoisotopic (exact) mass is 1580 g/mol. The zero-order valence-electron chi connectivity index (χ0n) is 58.2. The lowest BCUT2D eigenvalue weighted by molar-refractivity contribution is -0.389. The number of nitrogens with one attached hydrogen (secondary N) is 5. The van der Waals surface area contributed by atoms with Crippen LogP contribution in [-0.4, -0.2) is 460 Å². The Bertz CT molecular complexity index is 2830. The second-order valence-corrected chi connectivity index (χ2v) is 26.8. The highest BCUT2D eigenvalue weighted by Gasteiger charge is 2.60. The van der Waals surface area contributed by atoms with Gasteiger partial charge in [-0.05, 0) is 0 Å². The van der Waals surface area contributed by atoms with E-state index in [0.717, 1.165) is 27.7 Å². The van der Waals surface area contributed by atoms with E-state index >= 15 is 0 Å². The Kier molecular flexibility index (Phi) is 33.3. The summed E-state index contributed by atoms with van der Waals surface area (Å²) in [4.78, 5) is 61.6. The van der Waals surface area contributed by atoms with E-state index in [1.807, 2.05) is 0 Å². The number of carbonyl (C=O) groups excluding carboxylic acids is 5. The van der Waals surface area contributed by atoms with Crippen LogP contribution in [0.4, 0.5) is 0 Å². The van der Waals surface area contributed by atoms with E-state index in [9.17, 15) is 136 Å². The number of rotatable bonds is 32. The van der Waals surface area contributed by atoms with Gasteiger partial charge in [0, 0.05) is 27.7 Å². The average Bonchev–Trinajstić information content (AvgIpc) is 0.768. The SMILES string of the molecule is CC(=O)N[C@H]1[C@H](O[C@H]2[C@@H](O)[C@@H](CO)O[C@@H](O[C@H]3[C@H](O)[C@@H](O)[C@H](OC[C@@H](CO)NC=O)O[C@@H]3CO)[C@@H]2O)O[C@H](CO)[C@@H](O[C@@H]2O[C@H](CO)[C@H](O)[C@H](O[C@@H]3O[C@H](CO)[C@@H](O[C@@H]4O[C@H](CO[C@@H]5O[C@H](CO)[C@@H](O)[C@H](O)[C@H]5NC(C)=O)[C@H](O)[C@H](O[C@@H]5O[C@H](CO)[C@@H](O)[C@H](O)[C@H]5NC(C)=O)[C@H]4O)[C@H](O)[C@H]3NC(C)=O)[C@H]2O)[C@@H]1O. The van der Waals surface area contributed by atoms with Gasteiger partial charge in [0.05, 0.1) is 72.1 Å². The first-order valence-electron chi connectivity index (χ1n) is 34.3. The van der Waals surface area contributed by atoms with Crippen molar-refractivity contribution < 1.29 is 212 Å². The van der Waals surface area contributed by atoms with Gasteiger partial charge in [0.25, 0.3) is 0 Å². The van der Waals surface area contributed by atoms with Gasteiger partial charge in [-0.25, -0.2) is 0 Å². The summed E-state index contributed by atoms with van der Waals surface area (Å²) in [5.74, 6) is -3.50. The Labute approximate surface area is 612 Å². The fourth-order valence-corrected chi connectivity index (χ4v) is 13.6. The van der Waals surface area contributed by atoms with Gasteiger partial charge >= 0.3 is 0 Å². The molecule has 8 aliphatic rings. The van der Waals surface area contributed by atoms with E-state index in [1.54, 1.807) is 0 Å². The summed E-state index contributed by atoms with van der Waals surface area (Å²) in [5.41, 5.74) is 0. The van der Waals surface area contributed by atoms with Crippen molar-refractivity contribution in [3.05, 3.63) is 0 Å². The first-order valence-corrected chi connectivity index (χ1v) is 34.3. The largest absolute Gasteiger partial charge is 0.394 e. The zero-order chi connectivity index (χ0) is 79.6. The molecule has 0 aromatic rings. The summed E-state index contributed by atoms with van der Waals surface area (Å²) in [6.45, 7) is -5.48. The van der Waals surface area contributed by atoms with Crippen LogP contribution >= 0.6 is 0 Å². The maximum Gasteiger partial charge on any atom is 0.217 e. The van der Waals surface area contributed by atoms with Crippen molar-refractivity contribution in [2.24, 2.45) is 0 Å². The van der Waals surface area contributed by atoms with Crippen molar-refractivity contribution in [3.63, 3.8) is 0 Å². The molecule has 0 bridgehead atoms. The highest BCUT2D eigenvalue weighted by molar-refractivity contribution is 5.74. The Morgan fingerprint density at radius 1 is 0.306 bits per heavy atom. The van der Waals surface area contributed by atoms with Crippen LogP contribution in [0.15, 0.2) is 0 Å². The Morgan fingerprint density at radius 2 is 0.583 bits per heavy atom. The standard InChI is InChI=1S/C60H101N5O43/c1-16(75)62-29-38(84)33(79)21(6-67)95-53(29)94-14-28-37(83)52(108-54-30(63-17(2)76)39(85)34(80)22(7-68)96-54)46(92)60(102-28)104-48-26(11-72)100-56(32(41(48)87)65-19(4)78)106-50-35(81)23(8-69)97-58(44(50)90)103-47-25(10-71)99-55(31(40(47)86)64-18(3)77)107-51-36(82)24(9-70)98-59(45(51)91)105-49-27(12-73)101-57(43(89)42(49)88)93-13-20(5-66)61-15-74/h15,20-60,66-73,79-92H,5-14H2,1-4H3,(H,61,74)(H,62,75)(H,63,76)(H,64,77)(H,65,78)/t20-,21-,22-,23-,24-,25-,26-,27-,28-,29-,30-,31-,32-,33-,34-,35+,36+,37+,38-,39-,40-,41-,42-,43-,44-,45-,46-,47-,48-,49-,50+,51+,52+,53-,54+,55+,56+,57-,58+,59+,60+/m1/s1. The molecule has 8 aliphatic heterocycles. The van der Waals surface area contributed by atoms with Crippen LogP contribution in [0.2, 0.25) is 0 Å². The molecule has 8 fully saturated rings. The first kappa shape index (κ1) is 89.4. The number of carbonyl (C=O) groups is 5. The van der Waals surface area contributed by atoms with Gasteiger partial charge < -0.3 is 215 Å². The Balaban J connectivity index is 1.01. The molecule has 0 spiro atoms. The van der Waals surface area contributed by atoms with Crippen LogP contribution in [-0.2, 0) is 99.8 Å². The molecule has 0 aromatic heterocycles. The van der Waals surface area contributed by atoms with Gasteiger partial charge in [0.1, 0.15) is 195 Å². The number of hydrogen-bond acceptors (Lipinski definition) is 43. The number of hydrogen-bond donors (Lipinski definition) is 27. The van der Waals surface area contributed by atoms with E-state index in [4.69, 9.17) is 75.8 Å². The molecule has 48 nitrogen and oxygen atoms in total. The second kappa shape index (κ2) is 40.2. The highest BCUT2D eigenvalue weighted by Crippen LogP contribution is 2.39. The van der Waals surface area contributed by atoms with Gasteiger partial charge in [-0.1, -0.05) is 0 Å². The third-order valence-corrected chi connectivity index (χ3v) is 19.2. The van der Waals surface area contributed by atoms with E-state index in [1.165, 1.54) is 0 Å². The number of aliphatic hydroxyl groups is 22. The van der Waals surface area contributed by atoms with Crippen LogP contribution in [0.1, 0.15) is 27.7 Å². The highest BCUT2D eigenvalue weighted by atomic mass is 16.8. The van der Waals surface area contributed by atoms with Crippen LogP contribution in [0.25, 0.3) is 0 Å². The molecule has 48 heteroatoms. The molecule has 0 saturated carbocycles. The maximum absolute atomic E-state index is 13.1. The summed E-state index contributed by atoms with van der Waals surface area (Å²) in [6.07, 6.45) is -71.7. The van der Waals surface area contributed by atoms with E-state index in [2.05, 4.69) is 26.6 Å². The molecule has 8 heterocycles. The normalized spacial score (nSPS) is 46.2. The van der Waals surface area contributed by atoms with Crippen LogP contribution in [0, 0.1) is 0 Å². The quantitative estimate of drug-likeness (QED) is 0.0278. The molecule has 624 valence electrons. The first-order chi connectivity index (χ1) is 51.2. The van der Waals surface area contributed by atoms with Crippen molar-refractivity contribution in [2.45, 2.75) is 279 Å². The molecule has 8 saturated heterocycles. The van der Waals surface area contributed by atoms with Crippen LogP contribution in [0.5, 0.6) is 0 Å². The minimum absolute atomic E-state index is 0.258.